The van der Waals surface area contributed by atoms with Gasteiger partial charge in [0.05, 0.1) is 24.3 Å². The van der Waals surface area contributed by atoms with Crippen molar-refractivity contribution in [3.05, 3.63) is 35.0 Å². The lowest BCUT2D eigenvalue weighted by Gasteiger charge is -2.19. The molecule has 5 heteroatoms. The molecule has 0 spiro atoms. The monoisotopic (exact) mass is 309 g/mol. The first-order valence-corrected chi connectivity index (χ1v) is 7.80. The number of nitrogens with one attached hydrogen (secondary N) is 1. The number of halogens is 1. The van der Waals surface area contributed by atoms with Crippen LogP contribution in [0.2, 0.25) is 5.02 Å². The minimum Gasteiger partial charge on any atom is -0.458 e. The topological polar surface area (TPSA) is 43.6 Å². The quantitative estimate of drug-likeness (QED) is 0.879. The van der Waals surface area contributed by atoms with E-state index in [1.54, 1.807) is 0 Å². The number of hydrogen-bond donors (Lipinski definition) is 1. The average Bonchev–Trinajstić information content (AvgIpc) is 3.13. The van der Waals surface area contributed by atoms with Gasteiger partial charge in [0.15, 0.2) is 11.9 Å². The zero-order valence-electron chi connectivity index (χ0n) is 12.1. The molecular formula is C16H20ClNO3. The predicted molar refractivity (Wildman–Crippen MR) is 82.6 cm³/mol. The van der Waals surface area contributed by atoms with Gasteiger partial charge in [-0.25, -0.2) is 0 Å². The molecule has 1 aliphatic rings. The van der Waals surface area contributed by atoms with Crippen molar-refractivity contribution in [2.24, 2.45) is 0 Å². The van der Waals surface area contributed by atoms with Gasteiger partial charge < -0.3 is 19.2 Å². The van der Waals surface area contributed by atoms with Gasteiger partial charge >= 0.3 is 0 Å². The van der Waals surface area contributed by atoms with E-state index < -0.39 is 0 Å². The van der Waals surface area contributed by atoms with Crippen molar-refractivity contribution in [1.82, 2.24) is 5.32 Å². The Balaban J connectivity index is 1.83. The van der Waals surface area contributed by atoms with Crippen LogP contribution in [0.15, 0.2) is 28.7 Å². The van der Waals surface area contributed by atoms with E-state index in [-0.39, 0.29) is 12.3 Å². The molecule has 0 amide bonds. The fourth-order valence-corrected chi connectivity index (χ4v) is 2.79. The van der Waals surface area contributed by atoms with Gasteiger partial charge in [0.25, 0.3) is 0 Å². The van der Waals surface area contributed by atoms with Crippen LogP contribution in [0.4, 0.5) is 0 Å². The van der Waals surface area contributed by atoms with Gasteiger partial charge in [0.2, 0.25) is 0 Å². The number of furan rings is 1. The van der Waals surface area contributed by atoms with E-state index in [9.17, 15) is 0 Å². The summed E-state index contributed by atoms with van der Waals surface area (Å²) in [5.41, 5.74) is 0.741. The predicted octanol–water partition coefficient (Wildman–Crippen LogP) is 3.89. The summed E-state index contributed by atoms with van der Waals surface area (Å²) >= 11 is 6.19. The molecule has 2 aromatic rings. The molecule has 1 saturated heterocycles. The van der Waals surface area contributed by atoms with Gasteiger partial charge in [0.1, 0.15) is 5.76 Å². The Hall–Kier alpha value is -1.07. The van der Waals surface area contributed by atoms with Gasteiger partial charge in [-0.15, -0.1) is 0 Å². The first kappa shape index (κ1) is 14.9. The summed E-state index contributed by atoms with van der Waals surface area (Å²) in [6, 6.07) is 7.89. The summed E-state index contributed by atoms with van der Waals surface area (Å²) in [6.07, 6.45) is 1.63. The molecule has 2 heterocycles. The summed E-state index contributed by atoms with van der Waals surface area (Å²) in [5.74, 6) is 0.880. The third-order valence-corrected chi connectivity index (χ3v) is 3.92. The normalized spacial score (nSPS) is 17.6. The van der Waals surface area contributed by atoms with E-state index in [2.05, 4.69) is 12.2 Å². The molecule has 1 fully saturated rings. The van der Waals surface area contributed by atoms with Crippen LogP contribution in [0.5, 0.6) is 0 Å². The molecule has 1 unspecified atom stereocenters. The van der Waals surface area contributed by atoms with E-state index in [0.29, 0.717) is 18.2 Å². The largest absolute Gasteiger partial charge is 0.458 e. The van der Waals surface area contributed by atoms with E-state index >= 15 is 0 Å². The zero-order chi connectivity index (χ0) is 14.7. The first-order chi connectivity index (χ1) is 10.3. The van der Waals surface area contributed by atoms with Crippen molar-refractivity contribution in [3.8, 4) is 0 Å². The Labute approximate surface area is 129 Å². The Morgan fingerprint density at radius 2 is 2.14 bits per heavy atom. The molecule has 1 aromatic carbocycles. The molecular weight excluding hydrogens is 290 g/mol. The lowest BCUT2D eigenvalue weighted by atomic mass is 10.1. The van der Waals surface area contributed by atoms with Gasteiger partial charge in [-0.1, -0.05) is 30.7 Å². The smallest absolute Gasteiger partial charge is 0.159 e. The molecule has 0 saturated carbocycles. The van der Waals surface area contributed by atoms with Crippen molar-refractivity contribution in [2.75, 3.05) is 19.8 Å². The maximum absolute atomic E-state index is 6.19. The summed E-state index contributed by atoms with van der Waals surface area (Å²) in [4.78, 5) is 0. The van der Waals surface area contributed by atoms with Crippen LogP contribution < -0.4 is 5.32 Å². The molecule has 0 bridgehead atoms. The lowest BCUT2D eigenvalue weighted by molar-refractivity contribution is -0.0541. The Morgan fingerprint density at radius 3 is 2.86 bits per heavy atom. The van der Waals surface area contributed by atoms with Crippen LogP contribution in [0.3, 0.4) is 0 Å². The fraction of sp³-hybridized carbons (Fsp3) is 0.500. The minimum absolute atomic E-state index is 0.0662. The maximum Gasteiger partial charge on any atom is 0.159 e. The van der Waals surface area contributed by atoms with Gasteiger partial charge in [-0.2, -0.15) is 0 Å². The van der Waals surface area contributed by atoms with Crippen LogP contribution in [-0.4, -0.2) is 26.0 Å². The highest BCUT2D eigenvalue weighted by Crippen LogP contribution is 2.31. The highest BCUT2D eigenvalue weighted by Gasteiger charge is 2.24. The van der Waals surface area contributed by atoms with Crippen molar-refractivity contribution < 1.29 is 13.9 Å². The molecule has 1 atom stereocenters. The van der Waals surface area contributed by atoms with E-state index in [0.717, 1.165) is 36.1 Å². The number of para-hydroxylation sites is 1. The SMILES string of the molecule is CCCNC(CC1OCCO1)c1cc2cccc(Cl)c2o1. The number of fused-ring (bicyclic) bond motifs is 1. The van der Waals surface area contributed by atoms with Crippen LogP contribution in [-0.2, 0) is 9.47 Å². The van der Waals surface area contributed by atoms with Crippen molar-refractivity contribution in [2.45, 2.75) is 32.1 Å². The van der Waals surface area contributed by atoms with E-state index in [1.165, 1.54) is 0 Å². The van der Waals surface area contributed by atoms with Gasteiger partial charge in [-0.05, 0) is 25.1 Å². The average molecular weight is 310 g/mol. The minimum atomic E-state index is -0.164. The third kappa shape index (κ3) is 3.40. The van der Waals surface area contributed by atoms with Gasteiger partial charge in [0, 0.05) is 11.8 Å². The Morgan fingerprint density at radius 1 is 1.33 bits per heavy atom. The van der Waals surface area contributed by atoms with Crippen molar-refractivity contribution >= 4 is 22.6 Å². The maximum atomic E-state index is 6.19. The molecule has 4 nitrogen and oxygen atoms in total. The molecule has 0 radical (unpaired) electrons. The zero-order valence-corrected chi connectivity index (χ0v) is 12.9. The van der Waals surface area contributed by atoms with Crippen molar-refractivity contribution in [1.29, 1.82) is 0 Å². The van der Waals surface area contributed by atoms with Crippen LogP contribution in [0, 0.1) is 0 Å². The second-order valence-corrected chi connectivity index (χ2v) is 5.63. The number of ether oxygens (including phenoxy) is 2. The van der Waals surface area contributed by atoms with Gasteiger partial charge in [-0.3, -0.25) is 0 Å². The summed E-state index contributed by atoms with van der Waals surface area (Å²) in [5, 5.41) is 5.16. The molecule has 114 valence electrons. The van der Waals surface area contributed by atoms with E-state index in [4.69, 9.17) is 25.5 Å². The second kappa shape index (κ2) is 6.79. The molecule has 1 aliphatic heterocycles. The standard InChI is InChI=1S/C16H20ClNO3/c1-2-6-18-13(10-15-19-7-8-20-15)14-9-11-4-3-5-12(17)16(11)21-14/h3-5,9,13,15,18H,2,6-8,10H2,1H3. The number of rotatable bonds is 6. The molecule has 0 aliphatic carbocycles. The first-order valence-electron chi connectivity index (χ1n) is 7.42. The molecule has 1 N–H and O–H groups in total. The van der Waals surface area contributed by atoms with E-state index in [1.807, 2.05) is 24.3 Å². The summed E-state index contributed by atoms with van der Waals surface area (Å²) in [7, 11) is 0. The number of benzene rings is 1. The number of hydrogen-bond acceptors (Lipinski definition) is 4. The Kier molecular flexibility index (Phi) is 4.80. The molecule has 1 aromatic heterocycles. The van der Waals surface area contributed by atoms with Crippen LogP contribution in [0.25, 0.3) is 11.0 Å². The van der Waals surface area contributed by atoms with Crippen LogP contribution in [0.1, 0.15) is 31.6 Å². The summed E-state index contributed by atoms with van der Waals surface area (Å²) in [6.45, 7) is 4.39. The molecule has 21 heavy (non-hydrogen) atoms. The fourth-order valence-electron chi connectivity index (χ4n) is 2.57. The summed E-state index contributed by atoms with van der Waals surface area (Å²) < 4.78 is 17.1. The highest BCUT2D eigenvalue weighted by molar-refractivity contribution is 6.34. The molecule has 3 rings (SSSR count). The van der Waals surface area contributed by atoms with Crippen molar-refractivity contribution in [3.63, 3.8) is 0 Å². The highest BCUT2D eigenvalue weighted by atomic mass is 35.5. The lowest BCUT2D eigenvalue weighted by Crippen LogP contribution is -2.26. The second-order valence-electron chi connectivity index (χ2n) is 5.22. The third-order valence-electron chi connectivity index (χ3n) is 3.62. The van der Waals surface area contributed by atoms with Crippen LogP contribution >= 0.6 is 11.6 Å². The Bertz CT molecular complexity index is 592.